The van der Waals surface area contributed by atoms with Crippen molar-refractivity contribution in [2.24, 2.45) is 17.6 Å². The van der Waals surface area contributed by atoms with Crippen molar-refractivity contribution in [1.82, 2.24) is 4.90 Å². The van der Waals surface area contributed by atoms with Crippen LogP contribution in [-0.4, -0.2) is 17.4 Å². The maximum absolute atomic E-state index is 13.6. The molecule has 1 aromatic carbocycles. The van der Waals surface area contributed by atoms with Crippen molar-refractivity contribution in [2.45, 2.75) is 46.2 Å². The highest BCUT2D eigenvalue weighted by Crippen LogP contribution is 2.26. The Morgan fingerprint density at radius 2 is 2.00 bits per heavy atom. The Morgan fingerprint density at radius 3 is 2.67 bits per heavy atom. The summed E-state index contributed by atoms with van der Waals surface area (Å²) in [5, 5.41) is 0. The lowest BCUT2D eigenvalue weighted by molar-refractivity contribution is -0.131. The van der Waals surface area contributed by atoms with Gasteiger partial charge in [0.1, 0.15) is 5.82 Å². The molecule has 0 spiro atoms. The molecule has 2 N–H and O–H groups in total. The normalized spacial score (nSPS) is 20.0. The van der Waals surface area contributed by atoms with E-state index in [1.54, 1.807) is 0 Å². The van der Waals surface area contributed by atoms with Gasteiger partial charge in [-0.1, -0.05) is 19.9 Å². The van der Waals surface area contributed by atoms with Gasteiger partial charge in [-0.05, 0) is 47.9 Å². The standard InChI is InChI=1S/C17H25FN2O/c1-12(2)15-3-4-17(21)20(6-5-15)11-14-7-13(10-19)8-16(18)9-14/h7-9,12,15H,3-6,10-11,19H2,1-2H3. The summed E-state index contributed by atoms with van der Waals surface area (Å²) in [7, 11) is 0. The van der Waals surface area contributed by atoms with E-state index in [1.807, 2.05) is 11.0 Å². The number of amides is 1. The fourth-order valence-electron chi connectivity index (χ4n) is 3.04. The second-order valence-corrected chi connectivity index (χ2v) is 6.32. The molecule has 3 nitrogen and oxygen atoms in total. The highest BCUT2D eigenvalue weighted by molar-refractivity contribution is 5.76. The molecule has 1 amide bonds. The van der Waals surface area contributed by atoms with Crippen molar-refractivity contribution in [3.8, 4) is 0 Å². The van der Waals surface area contributed by atoms with Crippen LogP contribution in [0, 0.1) is 17.7 Å². The number of hydrogen-bond acceptors (Lipinski definition) is 2. The zero-order valence-corrected chi connectivity index (χ0v) is 12.9. The zero-order valence-electron chi connectivity index (χ0n) is 12.9. The Balaban J connectivity index is 2.08. The van der Waals surface area contributed by atoms with Gasteiger partial charge in [-0.25, -0.2) is 4.39 Å². The molecule has 1 aromatic rings. The quantitative estimate of drug-likeness (QED) is 0.927. The monoisotopic (exact) mass is 292 g/mol. The Kier molecular flexibility index (Phi) is 5.34. The Morgan fingerprint density at radius 1 is 1.29 bits per heavy atom. The van der Waals surface area contributed by atoms with Crippen molar-refractivity contribution < 1.29 is 9.18 Å². The van der Waals surface area contributed by atoms with Gasteiger partial charge in [0.05, 0.1) is 0 Å². The molecule has 4 heteroatoms. The summed E-state index contributed by atoms with van der Waals surface area (Å²) >= 11 is 0. The third kappa shape index (κ3) is 4.27. The average Bonchev–Trinajstić information content (AvgIpc) is 2.61. The molecule has 1 atom stereocenters. The second-order valence-electron chi connectivity index (χ2n) is 6.32. The number of hydrogen-bond donors (Lipinski definition) is 1. The van der Waals surface area contributed by atoms with Crippen molar-refractivity contribution in [1.29, 1.82) is 0 Å². The van der Waals surface area contributed by atoms with Crippen LogP contribution in [0.15, 0.2) is 18.2 Å². The average molecular weight is 292 g/mol. The van der Waals surface area contributed by atoms with Gasteiger partial charge in [-0.15, -0.1) is 0 Å². The lowest BCUT2D eigenvalue weighted by atomic mass is 9.89. The fraction of sp³-hybridized carbons (Fsp3) is 0.588. The van der Waals surface area contributed by atoms with Crippen LogP contribution in [0.25, 0.3) is 0 Å². The largest absolute Gasteiger partial charge is 0.338 e. The van der Waals surface area contributed by atoms with Crippen molar-refractivity contribution in [3.05, 3.63) is 35.1 Å². The Labute approximate surface area is 126 Å². The van der Waals surface area contributed by atoms with Gasteiger partial charge in [-0.2, -0.15) is 0 Å². The molecule has 1 saturated heterocycles. The first-order chi connectivity index (χ1) is 9.99. The third-order valence-corrected chi connectivity index (χ3v) is 4.42. The molecule has 1 aliphatic rings. The Bertz CT molecular complexity index is 502. The maximum atomic E-state index is 13.6. The van der Waals surface area contributed by atoms with E-state index in [9.17, 15) is 9.18 Å². The van der Waals surface area contributed by atoms with E-state index in [0.29, 0.717) is 31.3 Å². The molecule has 1 unspecified atom stereocenters. The van der Waals surface area contributed by atoms with Gasteiger partial charge < -0.3 is 10.6 Å². The fourth-order valence-corrected chi connectivity index (χ4v) is 3.04. The summed E-state index contributed by atoms with van der Waals surface area (Å²) < 4.78 is 13.6. The smallest absolute Gasteiger partial charge is 0.222 e. The van der Waals surface area contributed by atoms with Gasteiger partial charge in [-0.3, -0.25) is 4.79 Å². The van der Waals surface area contributed by atoms with Crippen molar-refractivity contribution in [3.63, 3.8) is 0 Å². The first kappa shape index (κ1) is 16.0. The van der Waals surface area contributed by atoms with E-state index in [4.69, 9.17) is 5.73 Å². The molecule has 0 saturated carbocycles. The Hall–Kier alpha value is -1.42. The third-order valence-electron chi connectivity index (χ3n) is 4.42. The minimum Gasteiger partial charge on any atom is -0.338 e. The summed E-state index contributed by atoms with van der Waals surface area (Å²) in [5.41, 5.74) is 7.17. The summed E-state index contributed by atoms with van der Waals surface area (Å²) in [6, 6.07) is 4.83. The maximum Gasteiger partial charge on any atom is 0.222 e. The molecule has 1 fully saturated rings. The molecule has 2 rings (SSSR count). The molecule has 0 aliphatic carbocycles. The molecular formula is C17H25FN2O. The van der Waals surface area contributed by atoms with E-state index in [-0.39, 0.29) is 11.7 Å². The van der Waals surface area contributed by atoms with Crippen molar-refractivity contribution >= 4 is 5.91 Å². The molecule has 1 aliphatic heterocycles. The van der Waals surface area contributed by atoms with E-state index < -0.39 is 0 Å². The number of nitrogens with two attached hydrogens (primary N) is 1. The van der Waals surface area contributed by atoms with E-state index >= 15 is 0 Å². The molecule has 21 heavy (non-hydrogen) atoms. The highest BCUT2D eigenvalue weighted by atomic mass is 19.1. The van der Waals surface area contributed by atoms with Crippen LogP contribution >= 0.6 is 0 Å². The first-order valence-corrected chi connectivity index (χ1v) is 7.75. The summed E-state index contributed by atoms with van der Waals surface area (Å²) in [5.74, 6) is 1.11. The summed E-state index contributed by atoms with van der Waals surface area (Å²) in [6.45, 7) is 5.98. The molecule has 0 aromatic heterocycles. The van der Waals surface area contributed by atoms with E-state index in [0.717, 1.165) is 30.5 Å². The zero-order chi connectivity index (χ0) is 15.4. The lowest BCUT2D eigenvalue weighted by Crippen LogP contribution is -2.30. The van der Waals surface area contributed by atoms with E-state index in [2.05, 4.69) is 13.8 Å². The van der Waals surface area contributed by atoms with Crippen molar-refractivity contribution in [2.75, 3.05) is 6.54 Å². The predicted molar refractivity (Wildman–Crippen MR) is 81.9 cm³/mol. The number of likely N-dealkylation sites (tertiary alicyclic amines) is 1. The van der Waals surface area contributed by atoms with Crippen LogP contribution in [0.1, 0.15) is 44.2 Å². The number of carbonyl (C=O) groups is 1. The molecular weight excluding hydrogens is 267 g/mol. The minimum atomic E-state index is -0.282. The van der Waals surface area contributed by atoms with Crippen LogP contribution in [0.5, 0.6) is 0 Å². The number of nitrogens with zero attached hydrogens (tertiary/aromatic N) is 1. The van der Waals surface area contributed by atoms with Crippen LogP contribution < -0.4 is 5.73 Å². The molecule has 0 bridgehead atoms. The van der Waals surface area contributed by atoms with Gasteiger partial charge in [0.2, 0.25) is 5.91 Å². The van der Waals surface area contributed by atoms with Gasteiger partial charge in [0.15, 0.2) is 0 Å². The lowest BCUT2D eigenvalue weighted by Gasteiger charge is -2.22. The topological polar surface area (TPSA) is 46.3 Å². The number of benzene rings is 1. The van der Waals surface area contributed by atoms with Gasteiger partial charge >= 0.3 is 0 Å². The predicted octanol–water partition coefficient (Wildman–Crippen LogP) is 3.07. The molecule has 0 radical (unpaired) electrons. The summed E-state index contributed by atoms with van der Waals surface area (Å²) in [4.78, 5) is 14.1. The van der Waals surface area contributed by atoms with Crippen LogP contribution in [-0.2, 0) is 17.9 Å². The second kappa shape index (κ2) is 7.03. The van der Waals surface area contributed by atoms with Crippen LogP contribution in [0.4, 0.5) is 4.39 Å². The number of halogens is 1. The van der Waals surface area contributed by atoms with Gasteiger partial charge in [0.25, 0.3) is 0 Å². The molecule has 1 heterocycles. The molecule has 116 valence electrons. The van der Waals surface area contributed by atoms with Crippen LogP contribution in [0.3, 0.4) is 0 Å². The van der Waals surface area contributed by atoms with Gasteiger partial charge in [0, 0.05) is 26.1 Å². The van der Waals surface area contributed by atoms with Crippen LogP contribution in [0.2, 0.25) is 0 Å². The minimum absolute atomic E-state index is 0.178. The van der Waals surface area contributed by atoms with E-state index in [1.165, 1.54) is 12.1 Å². The number of rotatable bonds is 4. The SMILES string of the molecule is CC(C)C1CCC(=O)N(Cc2cc(F)cc(CN)c2)CC1. The summed E-state index contributed by atoms with van der Waals surface area (Å²) in [6.07, 6.45) is 2.59. The first-order valence-electron chi connectivity index (χ1n) is 7.75. The number of carbonyl (C=O) groups excluding carboxylic acids is 1. The highest BCUT2D eigenvalue weighted by Gasteiger charge is 2.24.